The molecule has 0 saturated carbocycles. The minimum Gasteiger partial charge on any atom is -0.448 e. The molecule has 0 aliphatic heterocycles. The van der Waals surface area contributed by atoms with Gasteiger partial charge in [-0.2, -0.15) is 5.10 Å². The third-order valence-electron chi connectivity index (χ3n) is 3.32. The summed E-state index contributed by atoms with van der Waals surface area (Å²) in [6.45, 7) is 5.24. The van der Waals surface area contributed by atoms with Crippen LogP contribution in [-0.4, -0.2) is 51.7 Å². The van der Waals surface area contributed by atoms with Gasteiger partial charge in [-0.05, 0) is 39.0 Å². The topological polar surface area (TPSA) is 77.3 Å². The lowest BCUT2D eigenvalue weighted by Gasteiger charge is -2.17. The molecule has 0 aliphatic carbocycles. The van der Waals surface area contributed by atoms with Gasteiger partial charge in [-0.15, -0.1) is 0 Å². The zero-order valence-corrected chi connectivity index (χ0v) is 15.0. The van der Waals surface area contributed by atoms with E-state index >= 15 is 0 Å². The maximum Gasteiger partial charge on any atom is 0.359 e. The number of nitrogens with zero attached hydrogens (tertiary/aromatic N) is 4. The second kappa shape index (κ2) is 7.00. The third kappa shape index (κ3) is 3.73. The first-order chi connectivity index (χ1) is 11.2. The van der Waals surface area contributed by atoms with E-state index in [4.69, 9.17) is 16.3 Å². The molecular weight excluding hydrogens is 332 g/mol. The Morgan fingerprint density at radius 2 is 1.96 bits per heavy atom. The Morgan fingerprint density at radius 1 is 1.29 bits per heavy atom. The average Bonchev–Trinajstić information content (AvgIpc) is 2.85. The van der Waals surface area contributed by atoms with Crippen molar-refractivity contribution in [2.45, 2.75) is 26.9 Å². The summed E-state index contributed by atoms with van der Waals surface area (Å²) >= 11 is 6.06. The Morgan fingerprint density at radius 3 is 2.50 bits per heavy atom. The quantitative estimate of drug-likeness (QED) is 0.790. The van der Waals surface area contributed by atoms with Crippen LogP contribution in [-0.2, 0) is 9.53 Å². The monoisotopic (exact) mass is 350 g/mol. The number of halogens is 1. The number of pyridine rings is 1. The molecular formula is C16H19ClN4O3. The van der Waals surface area contributed by atoms with E-state index in [0.29, 0.717) is 5.82 Å². The molecule has 2 aromatic rings. The first kappa shape index (κ1) is 17.9. The highest BCUT2D eigenvalue weighted by molar-refractivity contribution is 6.33. The molecule has 1 unspecified atom stereocenters. The first-order valence-corrected chi connectivity index (χ1v) is 7.71. The number of carbonyl (C=O) groups is 2. The van der Waals surface area contributed by atoms with E-state index in [-0.39, 0.29) is 16.6 Å². The van der Waals surface area contributed by atoms with Gasteiger partial charge in [0.1, 0.15) is 0 Å². The number of esters is 1. The summed E-state index contributed by atoms with van der Waals surface area (Å²) in [4.78, 5) is 29.7. The SMILES string of the molecule is Cc1cc(C)n(-c2ccc(Cl)c(C(=O)OC(C)C(=O)N(C)C)n2)n1. The van der Waals surface area contributed by atoms with Crippen molar-refractivity contribution in [3.05, 3.63) is 40.3 Å². The predicted octanol–water partition coefficient (Wildman–Crippen LogP) is 2.17. The van der Waals surface area contributed by atoms with Crippen LogP contribution in [0.1, 0.15) is 28.8 Å². The second-order valence-electron chi connectivity index (χ2n) is 5.62. The molecule has 7 nitrogen and oxygen atoms in total. The van der Waals surface area contributed by atoms with Gasteiger partial charge in [-0.1, -0.05) is 11.6 Å². The van der Waals surface area contributed by atoms with Crippen molar-refractivity contribution >= 4 is 23.5 Å². The standard InChI is InChI=1S/C16H19ClN4O3/c1-9-8-10(2)21(19-9)13-7-6-12(17)14(18-13)16(23)24-11(3)15(22)20(4)5/h6-8,11H,1-5H3. The number of carbonyl (C=O) groups excluding carboxylic acids is 2. The number of hydrogen-bond donors (Lipinski definition) is 0. The first-order valence-electron chi connectivity index (χ1n) is 7.33. The van der Waals surface area contributed by atoms with E-state index in [0.717, 1.165) is 11.4 Å². The van der Waals surface area contributed by atoms with Crippen LogP contribution in [0.2, 0.25) is 5.02 Å². The molecule has 128 valence electrons. The molecule has 8 heteroatoms. The molecule has 24 heavy (non-hydrogen) atoms. The van der Waals surface area contributed by atoms with Crippen LogP contribution in [0.3, 0.4) is 0 Å². The molecule has 1 atom stereocenters. The molecule has 0 N–H and O–H groups in total. The Bertz CT molecular complexity index is 786. The fraction of sp³-hybridized carbons (Fsp3) is 0.375. The molecule has 0 aliphatic rings. The lowest BCUT2D eigenvalue weighted by atomic mass is 10.3. The summed E-state index contributed by atoms with van der Waals surface area (Å²) in [5.74, 6) is -0.635. The van der Waals surface area contributed by atoms with E-state index in [9.17, 15) is 9.59 Å². The third-order valence-corrected chi connectivity index (χ3v) is 3.63. The largest absolute Gasteiger partial charge is 0.448 e. The van der Waals surface area contributed by atoms with Crippen molar-refractivity contribution in [1.29, 1.82) is 0 Å². The van der Waals surface area contributed by atoms with E-state index in [1.807, 2.05) is 19.9 Å². The zero-order valence-electron chi connectivity index (χ0n) is 14.2. The van der Waals surface area contributed by atoms with Gasteiger partial charge in [0.2, 0.25) is 0 Å². The highest BCUT2D eigenvalue weighted by Crippen LogP contribution is 2.19. The highest BCUT2D eigenvalue weighted by atomic mass is 35.5. The zero-order chi connectivity index (χ0) is 18.0. The van der Waals surface area contributed by atoms with Crippen molar-refractivity contribution in [2.75, 3.05) is 14.1 Å². The predicted molar refractivity (Wildman–Crippen MR) is 89.4 cm³/mol. The number of rotatable bonds is 4. The highest BCUT2D eigenvalue weighted by Gasteiger charge is 2.23. The number of hydrogen-bond acceptors (Lipinski definition) is 5. The Labute approximate surface area is 145 Å². The van der Waals surface area contributed by atoms with Crippen LogP contribution in [0.4, 0.5) is 0 Å². The van der Waals surface area contributed by atoms with Crippen molar-refractivity contribution in [3.8, 4) is 5.82 Å². The summed E-state index contributed by atoms with van der Waals surface area (Å²) in [5, 5.41) is 4.47. The Kier molecular flexibility index (Phi) is 5.23. The lowest BCUT2D eigenvalue weighted by molar-refractivity contribution is -0.137. The molecule has 0 spiro atoms. The average molecular weight is 351 g/mol. The van der Waals surface area contributed by atoms with Gasteiger partial charge < -0.3 is 9.64 Å². The fourth-order valence-corrected chi connectivity index (χ4v) is 2.37. The molecule has 2 aromatic heterocycles. The Hall–Kier alpha value is -2.41. The van der Waals surface area contributed by atoms with E-state index in [2.05, 4.69) is 10.1 Å². The van der Waals surface area contributed by atoms with E-state index in [1.54, 1.807) is 30.9 Å². The lowest BCUT2D eigenvalue weighted by Crippen LogP contribution is -2.35. The number of aromatic nitrogens is 3. The van der Waals surface area contributed by atoms with Crippen LogP contribution in [0.5, 0.6) is 0 Å². The van der Waals surface area contributed by atoms with Gasteiger partial charge in [-0.3, -0.25) is 4.79 Å². The van der Waals surface area contributed by atoms with E-state index in [1.165, 1.54) is 11.8 Å². The summed E-state index contributed by atoms with van der Waals surface area (Å²) < 4.78 is 6.77. The summed E-state index contributed by atoms with van der Waals surface area (Å²) in [7, 11) is 3.17. The minimum atomic E-state index is -0.928. The fourth-order valence-electron chi connectivity index (χ4n) is 2.18. The Balaban J connectivity index is 2.30. The summed E-state index contributed by atoms with van der Waals surface area (Å²) in [5.41, 5.74) is 1.65. The smallest absolute Gasteiger partial charge is 0.359 e. The molecule has 0 bridgehead atoms. The minimum absolute atomic E-state index is 0.0554. The summed E-state index contributed by atoms with van der Waals surface area (Å²) in [6.07, 6.45) is -0.928. The van der Waals surface area contributed by atoms with Crippen LogP contribution in [0, 0.1) is 13.8 Å². The van der Waals surface area contributed by atoms with Crippen LogP contribution in [0.25, 0.3) is 5.82 Å². The van der Waals surface area contributed by atoms with Crippen LogP contribution in [0.15, 0.2) is 18.2 Å². The molecule has 1 amide bonds. The molecule has 0 radical (unpaired) electrons. The number of ether oxygens (including phenoxy) is 1. The summed E-state index contributed by atoms with van der Waals surface area (Å²) in [6, 6.07) is 5.11. The molecule has 0 aromatic carbocycles. The second-order valence-corrected chi connectivity index (χ2v) is 6.03. The maximum absolute atomic E-state index is 12.3. The van der Waals surface area contributed by atoms with Crippen molar-refractivity contribution in [2.24, 2.45) is 0 Å². The maximum atomic E-state index is 12.3. The van der Waals surface area contributed by atoms with E-state index < -0.39 is 12.1 Å². The van der Waals surface area contributed by atoms with Crippen molar-refractivity contribution in [1.82, 2.24) is 19.7 Å². The van der Waals surface area contributed by atoms with Gasteiger partial charge in [0.25, 0.3) is 5.91 Å². The molecule has 2 rings (SSSR count). The van der Waals surface area contributed by atoms with Gasteiger partial charge >= 0.3 is 5.97 Å². The van der Waals surface area contributed by atoms with Gasteiger partial charge in [-0.25, -0.2) is 14.5 Å². The molecule has 0 saturated heterocycles. The van der Waals surface area contributed by atoms with Crippen LogP contribution < -0.4 is 0 Å². The van der Waals surface area contributed by atoms with Crippen LogP contribution >= 0.6 is 11.6 Å². The van der Waals surface area contributed by atoms with Crippen molar-refractivity contribution in [3.63, 3.8) is 0 Å². The van der Waals surface area contributed by atoms with Gasteiger partial charge in [0.15, 0.2) is 17.6 Å². The molecule has 2 heterocycles. The van der Waals surface area contributed by atoms with Gasteiger partial charge in [0.05, 0.1) is 10.7 Å². The number of amides is 1. The normalized spacial score (nSPS) is 11.9. The van der Waals surface area contributed by atoms with Crippen molar-refractivity contribution < 1.29 is 14.3 Å². The molecule has 0 fully saturated rings. The number of likely N-dealkylation sites (N-methyl/N-ethyl adjacent to an activating group) is 1. The van der Waals surface area contributed by atoms with Gasteiger partial charge in [0, 0.05) is 19.8 Å². The number of aryl methyl sites for hydroxylation is 2.